The van der Waals surface area contributed by atoms with Crippen LogP contribution >= 0.6 is 15.9 Å². The van der Waals surface area contributed by atoms with Crippen LogP contribution in [0, 0.1) is 6.92 Å². The van der Waals surface area contributed by atoms with E-state index in [1.54, 1.807) is 0 Å². The second-order valence-corrected chi connectivity index (χ2v) is 5.38. The Balaban J connectivity index is 1.77. The fourth-order valence-corrected chi connectivity index (χ4v) is 2.65. The molecule has 0 radical (unpaired) electrons. The van der Waals surface area contributed by atoms with Crippen LogP contribution in [-0.4, -0.2) is 16.6 Å². The molecular formula is C14H16BrN3O2. The summed E-state index contributed by atoms with van der Waals surface area (Å²) in [4.78, 5) is 0. The number of anilines is 1. The van der Waals surface area contributed by atoms with Gasteiger partial charge in [-0.15, -0.1) is 0 Å². The van der Waals surface area contributed by atoms with Gasteiger partial charge in [-0.2, -0.15) is 5.10 Å². The highest BCUT2D eigenvalue weighted by Crippen LogP contribution is 2.34. The molecule has 5 nitrogen and oxygen atoms in total. The molecule has 1 aromatic carbocycles. The van der Waals surface area contributed by atoms with Crippen molar-refractivity contribution in [2.75, 3.05) is 12.1 Å². The number of benzene rings is 1. The lowest BCUT2D eigenvalue weighted by Crippen LogP contribution is -2.08. The van der Waals surface area contributed by atoms with Crippen LogP contribution in [0.5, 0.6) is 11.5 Å². The van der Waals surface area contributed by atoms with E-state index >= 15 is 0 Å². The van der Waals surface area contributed by atoms with Crippen LogP contribution in [0.25, 0.3) is 0 Å². The first kappa shape index (κ1) is 13.3. The van der Waals surface area contributed by atoms with E-state index in [9.17, 15) is 0 Å². The molecule has 0 fully saturated rings. The predicted octanol–water partition coefficient (Wildman–Crippen LogP) is 3.31. The molecule has 1 aliphatic rings. The van der Waals surface area contributed by atoms with E-state index in [0.29, 0.717) is 13.3 Å². The third-order valence-electron chi connectivity index (χ3n) is 3.29. The highest BCUT2D eigenvalue weighted by Gasteiger charge is 2.14. The van der Waals surface area contributed by atoms with Gasteiger partial charge in [0, 0.05) is 18.3 Å². The van der Waals surface area contributed by atoms with Crippen molar-refractivity contribution in [2.45, 2.75) is 26.9 Å². The lowest BCUT2D eigenvalue weighted by Gasteiger charge is -2.09. The summed E-state index contributed by atoms with van der Waals surface area (Å²) in [5.41, 5.74) is 3.15. The maximum atomic E-state index is 5.37. The summed E-state index contributed by atoms with van der Waals surface area (Å²) < 4.78 is 13.7. The second-order valence-electron chi connectivity index (χ2n) is 4.58. The molecule has 0 saturated carbocycles. The van der Waals surface area contributed by atoms with Crippen LogP contribution in [0.3, 0.4) is 0 Å². The number of fused-ring (bicyclic) bond motifs is 1. The van der Waals surface area contributed by atoms with Crippen molar-refractivity contribution < 1.29 is 9.47 Å². The molecule has 106 valence electrons. The fourth-order valence-electron chi connectivity index (χ4n) is 2.23. The Morgan fingerprint density at radius 3 is 2.95 bits per heavy atom. The third kappa shape index (κ3) is 2.35. The minimum atomic E-state index is 0.298. The van der Waals surface area contributed by atoms with Crippen molar-refractivity contribution >= 4 is 21.6 Å². The first-order valence-electron chi connectivity index (χ1n) is 6.54. The van der Waals surface area contributed by atoms with Gasteiger partial charge in [-0.25, -0.2) is 0 Å². The summed E-state index contributed by atoms with van der Waals surface area (Å²) in [5, 5.41) is 7.88. The first-order valence-corrected chi connectivity index (χ1v) is 7.33. The minimum absolute atomic E-state index is 0.298. The first-order chi connectivity index (χ1) is 9.69. The maximum Gasteiger partial charge on any atom is 0.231 e. The summed E-state index contributed by atoms with van der Waals surface area (Å²) in [6.45, 7) is 5.94. The molecule has 0 bridgehead atoms. The van der Waals surface area contributed by atoms with E-state index in [-0.39, 0.29) is 0 Å². The Bertz CT molecular complexity index is 640. The number of nitrogens with one attached hydrogen (secondary N) is 1. The summed E-state index contributed by atoms with van der Waals surface area (Å²) in [5.74, 6) is 1.58. The molecule has 1 N–H and O–H groups in total. The fraction of sp³-hybridized carbons (Fsp3) is 0.357. The van der Waals surface area contributed by atoms with Gasteiger partial charge in [-0.3, -0.25) is 4.68 Å². The van der Waals surface area contributed by atoms with Crippen LogP contribution in [0.2, 0.25) is 0 Å². The number of hydrogen-bond acceptors (Lipinski definition) is 4. The number of aromatic nitrogens is 2. The van der Waals surface area contributed by atoms with Gasteiger partial charge in [0.05, 0.1) is 22.4 Å². The molecule has 0 unspecified atom stereocenters. The van der Waals surface area contributed by atoms with Gasteiger partial charge in [0.15, 0.2) is 11.5 Å². The summed E-state index contributed by atoms with van der Waals surface area (Å²) in [6, 6.07) is 5.86. The molecular weight excluding hydrogens is 322 g/mol. The molecule has 2 heterocycles. The summed E-state index contributed by atoms with van der Waals surface area (Å²) in [6.07, 6.45) is 0. The maximum absolute atomic E-state index is 5.37. The van der Waals surface area contributed by atoms with Crippen LogP contribution in [0.1, 0.15) is 18.3 Å². The van der Waals surface area contributed by atoms with Crippen molar-refractivity contribution in [1.29, 1.82) is 0 Å². The van der Waals surface area contributed by atoms with E-state index in [1.807, 2.05) is 29.8 Å². The topological polar surface area (TPSA) is 48.3 Å². The van der Waals surface area contributed by atoms with Crippen molar-refractivity contribution in [1.82, 2.24) is 9.78 Å². The molecule has 0 aliphatic carbocycles. The Morgan fingerprint density at radius 1 is 1.35 bits per heavy atom. The number of nitrogens with zero attached hydrogens (tertiary/aromatic N) is 2. The zero-order valence-electron chi connectivity index (χ0n) is 11.4. The van der Waals surface area contributed by atoms with Gasteiger partial charge in [0.25, 0.3) is 0 Å². The van der Waals surface area contributed by atoms with Gasteiger partial charge in [-0.05, 0) is 41.9 Å². The highest BCUT2D eigenvalue weighted by molar-refractivity contribution is 9.10. The van der Waals surface area contributed by atoms with Crippen molar-refractivity contribution in [3.05, 3.63) is 34.1 Å². The van der Waals surface area contributed by atoms with Gasteiger partial charge < -0.3 is 14.8 Å². The number of aryl methyl sites for hydroxylation is 2. The van der Waals surface area contributed by atoms with Gasteiger partial charge in [0.1, 0.15) is 0 Å². The average molecular weight is 338 g/mol. The number of halogens is 1. The lowest BCUT2D eigenvalue weighted by molar-refractivity contribution is 0.174. The molecule has 0 atom stereocenters. The normalized spacial score (nSPS) is 12.8. The van der Waals surface area contributed by atoms with E-state index in [1.165, 1.54) is 0 Å². The Morgan fingerprint density at radius 2 is 2.15 bits per heavy atom. The second kappa shape index (κ2) is 5.36. The van der Waals surface area contributed by atoms with Crippen LogP contribution in [0.15, 0.2) is 22.7 Å². The summed E-state index contributed by atoms with van der Waals surface area (Å²) in [7, 11) is 0. The molecule has 3 rings (SSSR count). The molecule has 2 aromatic rings. The standard InChI is InChI=1S/C14H16BrN3O2/c1-3-18-11(14(15)9(2)17-18)7-16-10-4-5-12-13(6-10)20-8-19-12/h4-6,16H,3,7-8H2,1-2H3. The molecule has 0 saturated heterocycles. The van der Waals surface area contributed by atoms with E-state index in [0.717, 1.165) is 39.6 Å². The Labute approximate surface area is 126 Å². The van der Waals surface area contributed by atoms with E-state index in [4.69, 9.17) is 9.47 Å². The predicted molar refractivity (Wildman–Crippen MR) is 80.2 cm³/mol. The van der Waals surface area contributed by atoms with Gasteiger partial charge >= 0.3 is 0 Å². The minimum Gasteiger partial charge on any atom is -0.454 e. The van der Waals surface area contributed by atoms with Crippen LogP contribution < -0.4 is 14.8 Å². The average Bonchev–Trinajstić information content (AvgIpc) is 3.02. The number of ether oxygens (including phenoxy) is 2. The van der Waals surface area contributed by atoms with Gasteiger partial charge in [-0.1, -0.05) is 0 Å². The monoisotopic (exact) mass is 337 g/mol. The Kier molecular flexibility index (Phi) is 3.56. The molecule has 0 spiro atoms. The lowest BCUT2D eigenvalue weighted by atomic mass is 10.2. The van der Waals surface area contributed by atoms with Crippen LogP contribution in [-0.2, 0) is 13.1 Å². The Hall–Kier alpha value is -1.69. The smallest absolute Gasteiger partial charge is 0.231 e. The van der Waals surface area contributed by atoms with E-state index < -0.39 is 0 Å². The summed E-state index contributed by atoms with van der Waals surface area (Å²) >= 11 is 3.60. The quantitative estimate of drug-likeness (QED) is 0.929. The zero-order valence-corrected chi connectivity index (χ0v) is 13.0. The molecule has 1 aliphatic heterocycles. The van der Waals surface area contributed by atoms with Crippen LogP contribution in [0.4, 0.5) is 5.69 Å². The highest BCUT2D eigenvalue weighted by atomic mass is 79.9. The molecule has 20 heavy (non-hydrogen) atoms. The SMILES string of the molecule is CCn1nc(C)c(Br)c1CNc1ccc2c(c1)OCO2. The molecule has 0 amide bonds. The van der Waals surface area contributed by atoms with Crippen molar-refractivity contribution in [2.24, 2.45) is 0 Å². The van der Waals surface area contributed by atoms with E-state index in [2.05, 4.69) is 33.3 Å². The molecule has 1 aromatic heterocycles. The number of rotatable bonds is 4. The number of hydrogen-bond donors (Lipinski definition) is 1. The largest absolute Gasteiger partial charge is 0.454 e. The van der Waals surface area contributed by atoms with Gasteiger partial charge in [0.2, 0.25) is 6.79 Å². The molecule has 6 heteroatoms. The van der Waals surface area contributed by atoms with Crippen molar-refractivity contribution in [3.8, 4) is 11.5 Å². The third-order valence-corrected chi connectivity index (χ3v) is 4.32. The zero-order chi connectivity index (χ0) is 14.1. The van der Waals surface area contributed by atoms with Crippen molar-refractivity contribution in [3.63, 3.8) is 0 Å².